The van der Waals surface area contributed by atoms with Crippen LogP contribution in [-0.4, -0.2) is 37.0 Å². The SMILES string of the molecule is O=C(O)C(F)(F)F.c1ccc2c(c1)cnn2-c1ccnc2[nH]ccc12. The van der Waals surface area contributed by atoms with Gasteiger partial charge in [-0.25, -0.2) is 14.5 Å². The van der Waals surface area contributed by atoms with E-state index in [0.717, 1.165) is 27.6 Å². The first-order chi connectivity index (χ1) is 11.9. The highest BCUT2D eigenvalue weighted by atomic mass is 19.4. The topological polar surface area (TPSA) is 83.8 Å². The summed E-state index contributed by atoms with van der Waals surface area (Å²) < 4.78 is 33.7. The van der Waals surface area contributed by atoms with Gasteiger partial charge in [0.25, 0.3) is 0 Å². The van der Waals surface area contributed by atoms with Crippen molar-refractivity contribution in [3.8, 4) is 5.69 Å². The first-order valence-corrected chi connectivity index (χ1v) is 7.03. The maximum Gasteiger partial charge on any atom is 0.490 e. The molecule has 9 heteroatoms. The number of hydrogen-bond donors (Lipinski definition) is 2. The third-order valence-electron chi connectivity index (χ3n) is 3.39. The number of rotatable bonds is 1. The highest BCUT2D eigenvalue weighted by Gasteiger charge is 2.38. The fourth-order valence-electron chi connectivity index (χ4n) is 2.29. The van der Waals surface area contributed by atoms with Crippen LogP contribution in [0, 0.1) is 0 Å². The first kappa shape index (κ1) is 16.5. The quantitative estimate of drug-likeness (QED) is 0.551. The minimum atomic E-state index is -5.08. The Bertz CT molecular complexity index is 1040. The molecule has 0 aliphatic carbocycles. The molecule has 4 aromatic rings. The summed E-state index contributed by atoms with van der Waals surface area (Å²) in [6.45, 7) is 0. The van der Waals surface area contributed by atoms with Crippen LogP contribution in [0.5, 0.6) is 0 Å². The number of nitrogens with one attached hydrogen (secondary N) is 1. The van der Waals surface area contributed by atoms with E-state index in [1.165, 1.54) is 0 Å². The average Bonchev–Trinajstić information content (AvgIpc) is 3.21. The largest absolute Gasteiger partial charge is 0.490 e. The summed E-state index contributed by atoms with van der Waals surface area (Å²) in [5.41, 5.74) is 3.03. The van der Waals surface area contributed by atoms with Gasteiger partial charge >= 0.3 is 12.1 Å². The Balaban J connectivity index is 0.000000225. The number of hydrogen-bond acceptors (Lipinski definition) is 3. The van der Waals surface area contributed by atoms with Crippen LogP contribution in [0.2, 0.25) is 0 Å². The predicted molar refractivity (Wildman–Crippen MR) is 84.4 cm³/mol. The minimum absolute atomic E-state index is 0.882. The number of H-pyrrole nitrogens is 1. The number of carboxylic acids is 1. The third-order valence-corrected chi connectivity index (χ3v) is 3.39. The highest BCUT2D eigenvalue weighted by Crippen LogP contribution is 2.23. The summed E-state index contributed by atoms with van der Waals surface area (Å²) >= 11 is 0. The summed E-state index contributed by atoms with van der Waals surface area (Å²) in [5, 5.41) is 13.8. The fourth-order valence-corrected chi connectivity index (χ4v) is 2.29. The van der Waals surface area contributed by atoms with E-state index >= 15 is 0 Å². The van der Waals surface area contributed by atoms with E-state index < -0.39 is 12.1 Å². The van der Waals surface area contributed by atoms with Crippen LogP contribution in [0.3, 0.4) is 0 Å². The summed E-state index contributed by atoms with van der Waals surface area (Å²) in [4.78, 5) is 16.3. The number of pyridine rings is 1. The van der Waals surface area contributed by atoms with Gasteiger partial charge in [-0.15, -0.1) is 0 Å². The predicted octanol–water partition coefficient (Wildman–Crippen LogP) is 3.54. The Morgan fingerprint density at radius 2 is 1.88 bits per heavy atom. The van der Waals surface area contributed by atoms with Gasteiger partial charge in [0.2, 0.25) is 0 Å². The fraction of sp³-hybridized carbons (Fsp3) is 0.0625. The molecule has 0 aliphatic rings. The number of aromatic nitrogens is 4. The van der Waals surface area contributed by atoms with E-state index in [-0.39, 0.29) is 0 Å². The molecule has 3 aromatic heterocycles. The Kier molecular flexibility index (Phi) is 4.14. The highest BCUT2D eigenvalue weighted by molar-refractivity contribution is 5.88. The summed E-state index contributed by atoms with van der Waals surface area (Å²) in [7, 11) is 0. The number of fused-ring (bicyclic) bond motifs is 2. The van der Waals surface area contributed by atoms with Gasteiger partial charge in [-0.2, -0.15) is 18.3 Å². The molecule has 0 amide bonds. The molecule has 4 rings (SSSR count). The zero-order valence-corrected chi connectivity index (χ0v) is 12.5. The van der Waals surface area contributed by atoms with Gasteiger partial charge in [0.1, 0.15) is 5.65 Å². The molecule has 128 valence electrons. The number of alkyl halides is 3. The zero-order chi connectivity index (χ0) is 18.0. The maximum atomic E-state index is 10.6. The molecule has 1 aromatic carbocycles. The Hall–Kier alpha value is -3.36. The van der Waals surface area contributed by atoms with Gasteiger partial charge < -0.3 is 10.1 Å². The normalized spacial score (nSPS) is 11.3. The van der Waals surface area contributed by atoms with Crippen LogP contribution in [0.1, 0.15) is 0 Å². The molecule has 0 bridgehead atoms. The molecule has 0 saturated heterocycles. The van der Waals surface area contributed by atoms with Gasteiger partial charge in [0.15, 0.2) is 0 Å². The van der Waals surface area contributed by atoms with E-state index in [1.54, 1.807) is 6.20 Å². The lowest BCUT2D eigenvalue weighted by atomic mass is 10.2. The van der Waals surface area contributed by atoms with E-state index in [0.29, 0.717) is 0 Å². The van der Waals surface area contributed by atoms with Crippen molar-refractivity contribution in [3.63, 3.8) is 0 Å². The van der Waals surface area contributed by atoms with E-state index in [2.05, 4.69) is 27.2 Å². The van der Waals surface area contributed by atoms with E-state index in [9.17, 15) is 13.2 Å². The molecule has 0 aliphatic heterocycles. The number of para-hydroxylation sites is 1. The zero-order valence-electron chi connectivity index (χ0n) is 12.5. The van der Waals surface area contributed by atoms with E-state index in [4.69, 9.17) is 9.90 Å². The van der Waals surface area contributed by atoms with Gasteiger partial charge in [0, 0.05) is 23.2 Å². The molecule has 25 heavy (non-hydrogen) atoms. The standard InChI is InChI=1S/C14H10N4.C2HF3O2/c1-2-4-12-10(3-1)9-17-18(12)13-6-8-16-14-11(13)5-7-15-14;3-2(4,5)1(6)7/h1-9H,(H,15,16);(H,6,7). The van der Waals surface area contributed by atoms with Gasteiger partial charge in [0.05, 0.1) is 17.4 Å². The van der Waals surface area contributed by atoms with Crippen LogP contribution in [0.15, 0.2) is 55.0 Å². The molecule has 2 N–H and O–H groups in total. The van der Waals surface area contributed by atoms with Gasteiger partial charge in [-0.05, 0) is 18.2 Å². The number of carbonyl (C=O) groups is 1. The number of nitrogens with zero attached hydrogens (tertiary/aromatic N) is 3. The molecular weight excluding hydrogens is 337 g/mol. The van der Waals surface area contributed by atoms with Crippen molar-refractivity contribution in [1.82, 2.24) is 19.7 Å². The lowest BCUT2D eigenvalue weighted by molar-refractivity contribution is -0.192. The number of halogens is 3. The molecule has 0 atom stereocenters. The molecule has 0 fully saturated rings. The third kappa shape index (κ3) is 3.30. The number of benzene rings is 1. The average molecular weight is 348 g/mol. The van der Waals surface area contributed by atoms with Crippen molar-refractivity contribution >= 4 is 27.9 Å². The maximum absolute atomic E-state index is 10.6. The smallest absolute Gasteiger partial charge is 0.475 e. The van der Waals surface area contributed by atoms with Crippen molar-refractivity contribution < 1.29 is 23.1 Å². The Morgan fingerprint density at radius 1 is 1.16 bits per heavy atom. The second-order valence-electron chi connectivity index (χ2n) is 4.99. The van der Waals surface area contributed by atoms with Crippen molar-refractivity contribution in [1.29, 1.82) is 0 Å². The lowest BCUT2D eigenvalue weighted by Crippen LogP contribution is -2.21. The second-order valence-corrected chi connectivity index (χ2v) is 4.99. The van der Waals surface area contributed by atoms with Crippen LogP contribution in [0.25, 0.3) is 27.6 Å². The molecule has 0 saturated carbocycles. The summed E-state index contributed by atoms with van der Waals surface area (Å²) in [6, 6.07) is 12.2. The monoisotopic (exact) mass is 348 g/mol. The first-order valence-electron chi connectivity index (χ1n) is 7.03. The van der Waals surface area contributed by atoms with Gasteiger partial charge in [-0.1, -0.05) is 18.2 Å². The molecular formula is C16H11F3N4O2. The molecule has 0 radical (unpaired) electrons. The van der Waals surface area contributed by atoms with Crippen LogP contribution in [-0.2, 0) is 4.79 Å². The molecule has 6 nitrogen and oxygen atoms in total. The Labute approximate surface area is 138 Å². The van der Waals surface area contributed by atoms with Crippen LogP contribution in [0.4, 0.5) is 13.2 Å². The molecule has 0 spiro atoms. The molecule has 0 unspecified atom stereocenters. The van der Waals surface area contributed by atoms with Crippen molar-refractivity contribution in [2.45, 2.75) is 6.18 Å². The Morgan fingerprint density at radius 3 is 2.60 bits per heavy atom. The van der Waals surface area contributed by atoms with Gasteiger partial charge in [-0.3, -0.25) is 0 Å². The number of aromatic amines is 1. The van der Waals surface area contributed by atoms with Crippen LogP contribution < -0.4 is 0 Å². The summed E-state index contributed by atoms with van der Waals surface area (Å²) in [5.74, 6) is -2.76. The van der Waals surface area contributed by atoms with E-state index in [1.807, 2.05) is 41.3 Å². The lowest BCUT2D eigenvalue weighted by Gasteiger charge is -2.04. The number of aliphatic carboxylic acids is 1. The van der Waals surface area contributed by atoms with Crippen molar-refractivity contribution in [2.24, 2.45) is 0 Å². The summed E-state index contributed by atoms with van der Waals surface area (Å²) in [6.07, 6.45) is 0.492. The van der Waals surface area contributed by atoms with Crippen molar-refractivity contribution in [2.75, 3.05) is 0 Å². The van der Waals surface area contributed by atoms with Crippen molar-refractivity contribution in [3.05, 3.63) is 55.0 Å². The second kappa shape index (κ2) is 6.27. The molecule has 3 heterocycles. The minimum Gasteiger partial charge on any atom is -0.475 e. The van der Waals surface area contributed by atoms with Crippen LogP contribution >= 0.6 is 0 Å². The number of carboxylic acid groups (broad SMARTS) is 1.